The molecule has 0 fully saturated rings. The molecule has 3 aromatic rings. The molecule has 43 heavy (non-hydrogen) atoms. The lowest BCUT2D eigenvalue weighted by Crippen LogP contribution is -2.34. The normalized spacial score (nSPS) is 12.3. The molecule has 232 valence electrons. The summed E-state index contributed by atoms with van der Waals surface area (Å²) in [7, 11) is 0. The SMILES string of the molecule is C[C@@H](NC(=O)OC(C)(C)C)c1cccc(-c2cc(COc3ccccc3CC(=O)OC(C)(C)C)cc(NCCF)c2)c1F. The van der Waals surface area contributed by atoms with E-state index in [1.54, 1.807) is 70.2 Å². The zero-order valence-electron chi connectivity index (χ0n) is 26.0. The number of carbonyl (C=O) groups excluding carboxylic acids is 2. The van der Waals surface area contributed by atoms with Crippen molar-refractivity contribution in [3.63, 3.8) is 0 Å². The minimum absolute atomic E-state index is 0.0459. The number of hydrogen-bond acceptors (Lipinski definition) is 6. The monoisotopic (exact) mass is 596 g/mol. The number of amides is 1. The van der Waals surface area contributed by atoms with Crippen molar-refractivity contribution in [2.75, 3.05) is 18.5 Å². The number of anilines is 1. The molecule has 0 spiro atoms. The summed E-state index contributed by atoms with van der Waals surface area (Å²) in [5, 5.41) is 5.70. The molecule has 0 radical (unpaired) electrons. The van der Waals surface area contributed by atoms with Gasteiger partial charge in [0.25, 0.3) is 0 Å². The van der Waals surface area contributed by atoms with Crippen molar-refractivity contribution in [2.45, 2.75) is 78.7 Å². The van der Waals surface area contributed by atoms with Crippen molar-refractivity contribution in [1.82, 2.24) is 5.32 Å². The molecule has 0 heterocycles. The summed E-state index contributed by atoms with van der Waals surface area (Å²) in [4.78, 5) is 24.7. The third kappa shape index (κ3) is 10.6. The van der Waals surface area contributed by atoms with Crippen LogP contribution in [0, 0.1) is 5.82 Å². The van der Waals surface area contributed by atoms with Gasteiger partial charge < -0.3 is 24.8 Å². The van der Waals surface area contributed by atoms with Gasteiger partial charge in [-0.25, -0.2) is 13.6 Å². The molecule has 0 aliphatic carbocycles. The van der Waals surface area contributed by atoms with Crippen molar-refractivity contribution in [3.05, 3.63) is 83.2 Å². The third-order valence-electron chi connectivity index (χ3n) is 6.08. The van der Waals surface area contributed by atoms with E-state index in [2.05, 4.69) is 10.6 Å². The maximum atomic E-state index is 15.9. The van der Waals surface area contributed by atoms with E-state index in [4.69, 9.17) is 14.2 Å². The quantitative estimate of drug-likeness (QED) is 0.219. The third-order valence-corrected chi connectivity index (χ3v) is 6.08. The highest BCUT2D eigenvalue weighted by Gasteiger charge is 2.22. The summed E-state index contributed by atoms with van der Waals surface area (Å²) in [5.74, 6) is -0.343. The van der Waals surface area contributed by atoms with Crippen LogP contribution in [0.15, 0.2) is 60.7 Å². The Morgan fingerprint density at radius 1 is 0.907 bits per heavy atom. The van der Waals surface area contributed by atoms with Gasteiger partial charge in [-0.05, 0) is 83.9 Å². The van der Waals surface area contributed by atoms with Crippen LogP contribution in [0.1, 0.15) is 71.2 Å². The Balaban J connectivity index is 1.88. The van der Waals surface area contributed by atoms with Gasteiger partial charge in [-0.2, -0.15) is 0 Å². The van der Waals surface area contributed by atoms with Crippen LogP contribution in [0.3, 0.4) is 0 Å². The summed E-state index contributed by atoms with van der Waals surface area (Å²) in [6.45, 7) is 12.0. The molecule has 9 heteroatoms. The molecule has 0 saturated heterocycles. The number of nitrogens with one attached hydrogen (secondary N) is 2. The Labute approximate surface area is 252 Å². The molecular formula is C34H42F2N2O5. The van der Waals surface area contributed by atoms with E-state index < -0.39 is 35.8 Å². The van der Waals surface area contributed by atoms with Crippen LogP contribution in [-0.4, -0.2) is 36.5 Å². The number of alkyl carbamates (subject to hydrolysis) is 1. The van der Waals surface area contributed by atoms with Crippen LogP contribution in [0.2, 0.25) is 0 Å². The fourth-order valence-electron chi connectivity index (χ4n) is 4.38. The number of ether oxygens (including phenoxy) is 3. The van der Waals surface area contributed by atoms with Gasteiger partial charge in [0.15, 0.2) is 0 Å². The topological polar surface area (TPSA) is 85.9 Å². The predicted octanol–water partition coefficient (Wildman–Crippen LogP) is 7.92. The van der Waals surface area contributed by atoms with E-state index in [0.29, 0.717) is 39.3 Å². The van der Waals surface area contributed by atoms with Gasteiger partial charge in [-0.1, -0.05) is 36.4 Å². The van der Waals surface area contributed by atoms with Crippen molar-refractivity contribution in [2.24, 2.45) is 0 Å². The number of hydrogen-bond donors (Lipinski definition) is 2. The number of alkyl halides is 1. The van der Waals surface area contributed by atoms with Crippen LogP contribution in [0.25, 0.3) is 11.1 Å². The first kappa shape index (κ1) is 33.4. The van der Waals surface area contributed by atoms with Gasteiger partial charge in [-0.3, -0.25) is 4.79 Å². The fourth-order valence-corrected chi connectivity index (χ4v) is 4.38. The molecule has 0 aliphatic heterocycles. The Bertz CT molecular complexity index is 1410. The average Bonchev–Trinajstić information content (AvgIpc) is 2.89. The molecule has 2 N–H and O–H groups in total. The van der Waals surface area contributed by atoms with Crippen LogP contribution in [-0.2, 0) is 27.3 Å². The summed E-state index contributed by atoms with van der Waals surface area (Å²) < 4.78 is 45.8. The lowest BCUT2D eigenvalue weighted by Gasteiger charge is -2.22. The van der Waals surface area contributed by atoms with Crippen molar-refractivity contribution >= 4 is 17.7 Å². The van der Waals surface area contributed by atoms with E-state index in [1.807, 2.05) is 39.0 Å². The molecule has 1 amide bonds. The first-order chi connectivity index (χ1) is 20.1. The Morgan fingerprint density at radius 2 is 1.60 bits per heavy atom. The molecule has 0 unspecified atom stereocenters. The molecule has 0 aliphatic rings. The van der Waals surface area contributed by atoms with Gasteiger partial charge in [0.05, 0.1) is 12.5 Å². The first-order valence-electron chi connectivity index (χ1n) is 14.3. The van der Waals surface area contributed by atoms with E-state index in [9.17, 15) is 14.0 Å². The number of rotatable bonds is 11. The van der Waals surface area contributed by atoms with Gasteiger partial charge in [-0.15, -0.1) is 0 Å². The molecule has 3 aromatic carbocycles. The second kappa shape index (κ2) is 14.4. The number of carbonyl (C=O) groups is 2. The number of para-hydroxylation sites is 1. The lowest BCUT2D eigenvalue weighted by molar-refractivity contribution is -0.153. The molecule has 0 bridgehead atoms. The van der Waals surface area contributed by atoms with Gasteiger partial charge in [0.2, 0.25) is 0 Å². The highest BCUT2D eigenvalue weighted by Crippen LogP contribution is 2.32. The van der Waals surface area contributed by atoms with Crippen molar-refractivity contribution in [3.8, 4) is 16.9 Å². The Hall–Kier alpha value is -4.14. The molecule has 1 atom stereocenters. The lowest BCUT2D eigenvalue weighted by atomic mass is 9.97. The molecule has 0 saturated carbocycles. The van der Waals surface area contributed by atoms with Crippen LogP contribution in [0.5, 0.6) is 5.75 Å². The summed E-state index contributed by atoms with van der Waals surface area (Å²) in [5.41, 5.74) is 1.84. The summed E-state index contributed by atoms with van der Waals surface area (Å²) >= 11 is 0. The van der Waals surface area contributed by atoms with Crippen LogP contribution < -0.4 is 15.4 Å². The Kier molecular flexibility index (Phi) is 11.1. The van der Waals surface area contributed by atoms with Gasteiger partial charge in [0.1, 0.15) is 36.1 Å². The second-order valence-corrected chi connectivity index (χ2v) is 12.3. The zero-order valence-corrected chi connectivity index (χ0v) is 26.0. The van der Waals surface area contributed by atoms with E-state index >= 15 is 4.39 Å². The molecular weight excluding hydrogens is 554 g/mol. The minimum Gasteiger partial charge on any atom is -0.489 e. The first-order valence-corrected chi connectivity index (χ1v) is 14.3. The predicted molar refractivity (Wildman–Crippen MR) is 164 cm³/mol. The zero-order chi connectivity index (χ0) is 31.8. The molecule has 7 nitrogen and oxygen atoms in total. The number of benzene rings is 3. The number of esters is 1. The van der Waals surface area contributed by atoms with Crippen molar-refractivity contribution in [1.29, 1.82) is 0 Å². The van der Waals surface area contributed by atoms with Crippen LogP contribution >= 0.6 is 0 Å². The van der Waals surface area contributed by atoms with E-state index in [1.165, 1.54) is 0 Å². The largest absolute Gasteiger partial charge is 0.489 e. The van der Waals surface area contributed by atoms with Gasteiger partial charge >= 0.3 is 12.1 Å². The highest BCUT2D eigenvalue weighted by molar-refractivity contribution is 5.74. The second-order valence-electron chi connectivity index (χ2n) is 12.3. The fraction of sp³-hybridized carbons (Fsp3) is 0.412. The minimum atomic E-state index is -0.689. The Morgan fingerprint density at radius 3 is 2.28 bits per heavy atom. The highest BCUT2D eigenvalue weighted by atomic mass is 19.1. The number of halogens is 2. The van der Waals surface area contributed by atoms with Crippen LogP contribution in [0.4, 0.5) is 19.3 Å². The summed E-state index contributed by atoms with van der Waals surface area (Å²) in [6, 6.07) is 16.9. The maximum absolute atomic E-state index is 15.9. The summed E-state index contributed by atoms with van der Waals surface area (Å²) in [6.07, 6.45) is -0.599. The average molecular weight is 597 g/mol. The smallest absolute Gasteiger partial charge is 0.408 e. The maximum Gasteiger partial charge on any atom is 0.408 e. The van der Waals surface area contributed by atoms with Gasteiger partial charge in [0, 0.05) is 28.9 Å². The standard InChI is InChI=1S/C34H42F2N2O5/c1-22(38-32(40)43-34(5,6)7)27-12-10-13-28(31(27)36)25-17-23(18-26(19-25)37-16-15-35)21-41-29-14-9-8-11-24(29)20-30(39)42-33(2,3)4/h8-14,17-19,22,37H,15-16,20-21H2,1-7H3,(H,38,40)/t22-/m1/s1. The van der Waals surface area contributed by atoms with E-state index in [0.717, 1.165) is 0 Å². The van der Waals surface area contributed by atoms with Crippen molar-refractivity contribution < 1.29 is 32.6 Å². The molecule has 0 aromatic heterocycles. The molecule has 3 rings (SSSR count). The van der Waals surface area contributed by atoms with E-state index in [-0.39, 0.29) is 25.5 Å².